The summed E-state index contributed by atoms with van der Waals surface area (Å²) in [5, 5.41) is 8.52. The molecule has 0 aromatic carbocycles. The smallest absolute Gasteiger partial charge is 0.0945 e. The van der Waals surface area contributed by atoms with Crippen molar-refractivity contribution in [1.82, 2.24) is 9.55 Å². The lowest BCUT2D eigenvalue weighted by Crippen LogP contribution is -1.97. The highest BCUT2D eigenvalue weighted by atomic mass is 16.3. The van der Waals surface area contributed by atoms with E-state index < -0.39 is 0 Å². The van der Waals surface area contributed by atoms with Crippen LogP contribution in [-0.2, 0) is 13.5 Å². The van der Waals surface area contributed by atoms with Crippen LogP contribution in [0.5, 0.6) is 0 Å². The predicted octanol–water partition coefficient (Wildman–Crippen LogP) is -0.0451. The molecule has 0 aliphatic rings. The second kappa shape index (κ2) is 2.64. The highest BCUT2D eigenvalue weighted by molar-refractivity contribution is 4.96. The number of aryl methyl sites for hydroxylation is 1. The van der Waals surface area contributed by atoms with E-state index in [0.717, 1.165) is 5.69 Å². The summed E-state index contributed by atoms with van der Waals surface area (Å²) in [6.07, 6.45) is 4.18. The van der Waals surface area contributed by atoms with Gasteiger partial charge in [-0.2, -0.15) is 0 Å². The van der Waals surface area contributed by atoms with Gasteiger partial charge in [-0.15, -0.1) is 0 Å². The Bertz CT molecular complexity index is 183. The first-order valence-corrected chi connectivity index (χ1v) is 2.90. The number of nitrogens with zero attached hydrogens (tertiary/aromatic N) is 2. The number of imidazole rings is 1. The largest absolute Gasteiger partial charge is 0.396 e. The van der Waals surface area contributed by atoms with E-state index in [1.165, 1.54) is 0 Å². The zero-order valence-electron chi connectivity index (χ0n) is 5.41. The van der Waals surface area contributed by atoms with E-state index in [9.17, 15) is 0 Å². The summed E-state index contributed by atoms with van der Waals surface area (Å²) in [4.78, 5) is 3.89. The van der Waals surface area contributed by atoms with E-state index >= 15 is 0 Å². The Morgan fingerprint density at radius 1 is 1.78 bits per heavy atom. The monoisotopic (exact) mass is 126 g/mol. The Hall–Kier alpha value is -0.830. The van der Waals surface area contributed by atoms with Crippen molar-refractivity contribution in [3.63, 3.8) is 0 Å². The van der Waals surface area contributed by atoms with E-state index in [1.807, 2.05) is 11.6 Å². The molecule has 1 aromatic rings. The van der Waals surface area contributed by atoms with Crippen molar-refractivity contribution >= 4 is 0 Å². The summed E-state index contributed by atoms with van der Waals surface area (Å²) in [5.41, 5.74) is 1.07. The number of hydrogen-bond acceptors (Lipinski definition) is 2. The fourth-order valence-electron chi connectivity index (χ4n) is 0.740. The van der Waals surface area contributed by atoms with E-state index in [0.29, 0.717) is 6.42 Å². The molecule has 9 heavy (non-hydrogen) atoms. The van der Waals surface area contributed by atoms with Crippen molar-refractivity contribution in [2.45, 2.75) is 6.42 Å². The predicted molar refractivity (Wildman–Crippen MR) is 34.0 cm³/mol. The number of aromatic nitrogens is 2. The maximum atomic E-state index is 8.52. The third-order valence-corrected chi connectivity index (χ3v) is 1.28. The molecule has 0 spiro atoms. The van der Waals surface area contributed by atoms with Crippen LogP contribution in [0.3, 0.4) is 0 Å². The minimum atomic E-state index is 0.194. The molecule has 1 aromatic heterocycles. The van der Waals surface area contributed by atoms with Crippen LogP contribution in [0.4, 0.5) is 0 Å². The Kier molecular flexibility index (Phi) is 1.85. The molecule has 0 aliphatic carbocycles. The summed E-state index contributed by atoms with van der Waals surface area (Å²) in [6, 6.07) is 0. The van der Waals surface area contributed by atoms with Crippen LogP contribution in [0.25, 0.3) is 0 Å². The minimum Gasteiger partial charge on any atom is -0.396 e. The molecule has 50 valence electrons. The quantitative estimate of drug-likeness (QED) is 0.603. The van der Waals surface area contributed by atoms with E-state index in [4.69, 9.17) is 5.11 Å². The molecule has 3 nitrogen and oxygen atoms in total. The van der Waals surface area contributed by atoms with E-state index in [1.54, 1.807) is 12.5 Å². The van der Waals surface area contributed by atoms with Crippen LogP contribution >= 0.6 is 0 Å². The zero-order chi connectivity index (χ0) is 6.69. The summed E-state index contributed by atoms with van der Waals surface area (Å²) in [6.45, 7) is 0.194. The van der Waals surface area contributed by atoms with Crippen LogP contribution in [-0.4, -0.2) is 21.3 Å². The number of rotatable bonds is 2. The lowest BCUT2D eigenvalue weighted by atomic mass is 10.3. The molecule has 0 unspecified atom stereocenters. The topological polar surface area (TPSA) is 38.0 Å². The summed E-state index contributed by atoms with van der Waals surface area (Å²) in [7, 11) is 1.91. The minimum absolute atomic E-state index is 0.194. The Morgan fingerprint density at radius 2 is 2.56 bits per heavy atom. The molecule has 0 atom stereocenters. The third-order valence-electron chi connectivity index (χ3n) is 1.28. The number of aliphatic hydroxyl groups is 1. The Balaban J connectivity index is 2.69. The highest BCUT2D eigenvalue weighted by Crippen LogP contribution is 1.95. The molecular weight excluding hydrogens is 116 g/mol. The Morgan fingerprint density at radius 3 is 3.00 bits per heavy atom. The van der Waals surface area contributed by atoms with Gasteiger partial charge in [-0.1, -0.05) is 0 Å². The lowest BCUT2D eigenvalue weighted by Gasteiger charge is -1.95. The first kappa shape index (κ1) is 6.29. The van der Waals surface area contributed by atoms with Crippen molar-refractivity contribution in [3.8, 4) is 0 Å². The van der Waals surface area contributed by atoms with Crippen LogP contribution in [0, 0.1) is 0 Å². The van der Waals surface area contributed by atoms with Crippen LogP contribution in [0.2, 0.25) is 0 Å². The maximum absolute atomic E-state index is 8.52. The maximum Gasteiger partial charge on any atom is 0.0945 e. The van der Waals surface area contributed by atoms with Crippen molar-refractivity contribution in [1.29, 1.82) is 0 Å². The standard InChI is InChI=1S/C6H10N2O/c1-8-5-7-4-6(8)2-3-9/h4-5,9H,2-3H2,1H3. The third kappa shape index (κ3) is 1.29. The lowest BCUT2D eigenvalue weighted by molar-refractivity contribution is 0.297. The first-order chi connectivity index (χ1) is 4.34. The normalized spacial score (nSPS) is 10.0. The van der Waals surface area contributed by atoms with E-state index in [2.05, 4.69) is 4.98 Å². The molecule has 1 N–H and O–H groups in total. The molecule has 0 radical (unpaired) electrons. The van der Waals surface area contributed by atoms with Gasteiger partial charge in [0.25, 0.3) is 0 Å². The molecule has 0 saturated carbocycles. The summed E-state index contributed by atoms with van der Waals surface area (Å²) < 4.78 is 1.90. The number of hydrogen-bond donors (Lipinski definition) is 1. The molecular formula is C6H10N2O. The van der Waals surface area contributed by atoms with Crippen molar-refractivity contribution in [2.24, 2.45) is 7.05 Å². The molecule has 1 rings (SSSR count). The van der Waals surface area contributed by atoms with Gasteiger partial charge in [0, 0.05) is 32.0 Å². The molecule has 3 heteroatoms. The molecule has 0 amide bonds. The second-order valence-electron chi connectivity index (χ2n) is 1.97. The van der Waals surface area contributed by atoms with Gasteiger partial charge in [-0.25, -0.2) is 4.98 Å². The average molecular weight is 126 g/mol. The van der Waals surface area contributed by atoms with Gasteiger partial charge in [0.05, 0.1) is 6.33 Å². The fourth-order valence-corrected chi connectivity index (χ4v) is 0.740. The van der Waals surface area contributed by atoms with Crippen LogP contribution < -0.4 is 0 Å². The van der Waals surface area contributed by atoms with Crippen LogP contribution in [0.1, 0.15) is 5.69 Å². The number of aliphatic hydroxyl groups excluding tert-OH is 1. The van der Waals surface area contributed by atoms with Gasteiger partial charge in [0.2, 0.25) is 0 Å². The SMILES string of the molecule is Cn1cncc1CCO. The highest BCUT2D eigenvalue weighted by Gasteiger charge is 1.93. The second-order valence-corrected chi connectivity index (χ2v) is 1.97. The van der Waals surface area contributed by atoms with Crippen molar-refractivity contribution < 1.29 is 5.11 Å². The van der Waals surface area contributed by atoms with Gasteiger partial charge in [-0.3, -0.25) is 0 Å². The van der Waals surface area contributed by atoms with Gasteiger partial charge in [0.15, 0.2) is 0 Å². The van der Waals surface area contributed by atoms with E-state index in [-0.39, 0.29) is 6.61 Å². The molecule has 0 aliphatic heterocycles. The summed E-state index contributed by atoms with van der Waals surface area (Å²) in [5.74, 6) is 0. The summed E-state index contributed by atoms with van der Waals surface area (Å²) >= 11 is 0. The first-order valence-electron chi connectivity index (χ1n) is 2.90. The molecule has 0 fully saturated rings. The van der Waals surface area contributed by atoms with Gasteiger partial charge >= 0.3 is 0 Å². The zero-order valence-corrected chi connectivity index (χ0v) is 5.41. The van der Waals surface area contributed by atoms with Crippen molar-refractivity contribution in [2.75, 3.05) is 6.61 Å². The average Bonchev–Trinajstić information content (AvgIpc) is 2.18. The van der Waals surface area contributed by atoms with Crippen molar-refractivity contribution in [3.05, 3.63) is 18.2 Å². The molecule has 0 saturated heterocycles. The van der Waals surface area contributed by atoms with Gasteiger partial charge in [-0.05, 0) is 0 Å². The van der Waals surface area contributed by atoms with Crippen LogP contribution in [0.15, 0.2) is 12.5 Å². The molecule has 0 bridgehead atoms. The Labute approximate surface area is 54.0 Å². The van der Waals surface area contributed by atoms with Gasteiger partial charge in [0.1, 0.15) is 0 Å². The molecule has 1 heterocycles. The van der Waals surface area contributed by atoms with Gasteiger partial charge < -0.3 is 9.67 Å². The fraction of sp³-hybridized carbons (Fsp3) is 0.500.